The molecule has 6 heteroatoms. The van der Waals surface area contributed by atoms with Crippen molar-refractivity contribution in [1.82, 2.24) is 10.3 Å². The van der Waals surface area contributed by atoms with Crippen molar-refractivity contribution >= 4 is 17.2 Å². The van der Waals surface area contributed by atoms with Gasteiger partial charge in [0.05, 0.1) is 23.4 Å². The summed E-state index contributed by atoms with van der Waals surface area (Å²) in [7, 11) is 0. The number of benzene rings is 1. The predicted molar refractivity (Wildman–Crippen MR) is 94.0 cm³/mol. The molecule has 0 spiro atoms. The summed E-state index contributed by atoms with van der Waals surface area (Å²) in [4.78, 5) is 16.6. The molecule has 5 nitrogen and oxygen atoms in total. The number of rotatable bonds is 5. The molecule has 1 heterocycles. The van der Waals surface area contributed by atoms with Crippen molar-refractivity contribution in [1.29, 1.82) is 5.26 Å². The van der Waals surface area contributed by atoms with Crippen molar-refractivity contribution in [2.45, 2.75) is 39.2 Å². The zero-order chi connectivity index (χ0) is 17.7. The Morgan fingerprint density at radius 1 is 1.38 bits per heavy atom. The molecule has 0 fully saturated rings. The largest absolute Gasteiger partial charge is 0.484 e. The maximum absolute atomic E-state index is 12.0. The van der Waals surface area contributed by atoms with Gasteiger partial charge in [0.25, 0.3) is 5.91 Å². The number of ether oxygens (including phenoxy) is 1. The number of nitriles is 1. The predicted octanol–water partition coefficient (Wildman–Crippen LogP) is 3.57. The molecule has 0 unspecified atom stereocenters. The van der Waals surface area contributed by atoms with Crippen LogP contribution in [0.2, 0.25) is 0 Å². The van der Waals surface area contributed by atoms with Crippen molar-refractivity contribution in [3.05, 3.63) is 45.9 Å². The first-order chi connectivity index (χ1) is 11.3. The summed E-state index contributed by atoms with van der Waals surface area (Å²) in [5.41, 5.74) is 1.58. The highest BCUT2D eigenvalue weighted by Crippen LogP contribution is 2.26. The van der Waals surface area contributed by atoms with Crippen LogP contribution in [-0.4, -0.2) is 17.5 Å². The van der Waals surface area contributed by atoms with E-state index in [1.807, 2.05) is 18.4 Å². The lowest BCUT2D eigenvalue weighted by Crippen LogP contribution is -2.31. The van der Waals surface area contributed by atoms with Crippen LogP contribution >= 0.6 is 11.3 Å². The van der Waals surface area contributed by atoms with Gasteiger partial charge >= 0.3 is 0 Å². The monoisotopic (exact) mass is 343 g/mol. The standard InChI is InChI=1S/C18H21N3O2S/c1-12(17-21-15(11-24-17)18(2,3)4)20-16(22)10-23-14-7-5-13(9-19)6-8-14/h5-8,11-12H,10H2,1-4H3,(H,20,22)/t12-/m0/s1. The van der Waals surface area contributed by atoms with Crippen molar-refractivity contribution in [2.75, 3.05) is 6.61 Å². The second-order valence-electron chi connectivity index (χ2n) is 6.54. The Morgan fingerprint density at radius 3 is 2.58 bits per heavy atom. The van der Waals surface area contributed by atoms with Gasteiger partial charge in [-0.05, 0) is 31.2 Å². The Kier molecular flexibility index (Phi) is 5.58. The maximum atomic E-state index is 12.0. The molecule has 0 radical (unpaired) electrons. The van der Waals surface area contributed by atoms with E-state index >= 15 is 0 Å². The van der Waals surface area contributed by atoms with Crippen LogP contribution in [0.4, 0.5) is 0 Å². The van der Waals surface area contributed by atoms with Gasteiger partial charge in [-0.25, -0.2) is 4.98 Å². The SMILES string of the molecule is C[C@H](NC(=O)COc1ccc(C#N)cc1)c1nc(C(C)(C)C)cs1. The van der Waals surface area contributed by atoms with Crippen molar-refractivity contribution in [3.8, 4) is 11.8 Å². The van der Waals surface area contributed by atoms with Crippen LogP contribution in [0.25, 0.3) is 0 Å². The Bertz CT molecular complexity index is 739. The summed E-state index contributed by atoms with van der Waals surface area (Å²) in [6, 6.07) is 8.52. The van der Waals surface area contributed by atoms with E-state index in [-0.39, 0.29) is 24.0 Å². The van der Waals surface area contributed by atoms with Gasteiger partial charge in [-0.1, -0.05) is 20.8 Å². The van der Waals surface area contributed by atoms with Crippen LogP contribution in [0.3, 0.4) is 0 Å². The average Bonchev–Trinajstić information content (AvgIpc) is 3.04. The third kappa shape index (κ3) is 4.80. The molecular formula is C18H21N3O2S. The molecule has 0 aliphatic heterocycles. The lowest BCUT2D eigenvalue weighted by molar-refractivity contribution is -0.123. The molecule has 1 N–H and O–H groups in total. The van der Waals surface area contributed by atoms with Crippen LogP contribution in [0.15, 0.2) is 29.6 Å². The smallest absolute Gasteiger partial charge is 0.258 e. The van der Waals surface area contributed by atoms with Gasteiger partial charge in [0, 0.05) is 10.8 Å². The maximum Gasteiger partial charge on any atom is 0.258 e. The van der Waals surface area contributed by atoms with Gasteiger partial charge in [0.2, 0.25) is 0 Å². The van der Waals surface area contributed by atoms with E-state index in [9.17, 15) is 4.79 Å². The number of hydrogen-bond acceptors (Lipinski definition) is 5. The quantitative estimate of drug-likeness (QED) is 0.900. The number of aromatic nitrogens is 1. The fourth-order valence-electron chi connectivity index (χ4n) is 1.95. The fourth-order valence-corrected chi connectivity index (χ4v) is 3.00. The second-order valence-corrected chi connectivity index (χ2v) is 7.42. The normalized spacial score (nSPS) is 12.3. The third-order valence-corrected chi connectivity index (χ3v) is 4.42. The van der Waals surface area contributed by atoms with E-state index in [2.05, 4.69) is 31.1 Å². The Hall–Kier alpha value is -2.39. The number of amides is 1. The summed E-state index contributed by atoms with van der Waals surface area (Å²) < 4.78 is 5.43. The van der Waals surface area contributed by atoms with Gasteiger partial charge in [-0.2, -0.15) is 5.26 Å². The zero-order valence-corrected chi connectivity index (χ0v) is 15.1. The number of thiazole rings is 1. The van der Waals surface area contributed by atoms with Gasteiger partial charge in [0.1, 0.15) is 10.8 Å². The van der Waals surface area contributed by atoms with Gasteiger partial charge < -0.3 is 10.1 Å². The lowest BCUT2D eigenvalue weighted by atomic mass is 9.93. The van der Waals surface area contributed by atoms with Crippen LogP contribution < -0.4 is 10.1 Å². The highest BCUT2D eigenvalue weighted by atomic mass is 32.1. The van der Waals surface area contributed by atoms with E-state index in [0.717, 1.165) is 10.7 Å². The summed E-state index contributed by atoms with van der Waals surface area (Å²) in [6.07, 6.45) is 0. The van der Waals surface area contributed by atoms with Gasteiger partial charge in [-0.3, -0.25) is 4.79 Å². The fraction of sp³-hybridized carbons (Fsp3) is 0.389. The summed E-state index contributed by atoms with van der Waals surface area (Å²) in [6.45, 7) is 8.17. The molecule has 0 aliphatic carbocycles. The van der Waals surface area contributed by atoms with E-state index < -0.39 is 0 Å². The number of carbonyl (C=O) groups is 1. The van der Waals surface area contributed by atoms with E-state index in [0.29, 0.717) is 11.3 Å². The first kappa shape index (κ1) is 18.0. The molecule has 126 valence electrons. The summed E-state index contributed by atoms with van der Waals surface area (Å²) >= 11 is 1.55. The highest BCUT2D eigenvalue weighted by Gasteiger charge is 2.20. The molecule has 0 saturated carbocycles. The Balaban J connectivity index is 1.87. The Morgan fingerprint density at radius 2 is 2.04 bits per heavy atom. The van der Waals surface area contributed by atoms with Crippen molar-refractivity contribution < 1.29 is 9.53 Å². The van der Waals surface area contributed by atoms with Gasteiger partial charge in [0.15, 0.2) is 6.61 Å². The van der Waals surface area contributed by atoms with Crippen LogP contribution in [0.1, 0.15) is 50.0 Å². The molecule has 1 amide bonds. The number of hydrogen-bond donors (Lipinski definition) is 1. The number of nitrogens with zero attached hydrogens (tertiary/aromatic N) is 2. The van der Waals surface area contributed by atoms with Crippen LogP contribution in [-0.2, 0) is 10.2 Å². The van der Waals surface area contributed by atoms with Gasteiger partial charge in [-0.15, -0.1) is 11.3 Å². The van der Waals surface area contributed by atoms with E-state index in [1.54, 1.807) is 35.6 Å². The lowest BCUT2D eigenvalue weighted by Gasteiger charge is -2.15. The summed E-state index contributed by atoms with van der Waals surface area (Å²) in [5, 5.41) is 14.5. The first-order valence-corrected chi connectivity index (χ1v) is 8.56. The molecule has 0 bridgehead atoms. The minimum absolute atomic E-state index is 0.00280. The molecule has 1 aromatic carbocycles. The average molecular weight is 343 g/mol. The van der Waals surface area contributed by atoms with Crippen molar-refractivity contribution in [2.24, 2.45) is 0 Å². The molecule has 0 aliphatic rings. The molecule has 24 heavy (non-hydrogen) atoms. The molecular weight excluding hydrogens is 322 g/mol. The zero-order valence-electron chi connectivity index (χ0n) is 14.3. The highest BCUT2D eigenvalue weighted by molar-refractivity contribution is 7.09. The van der Waals surface area contributed by atoms with Crippen molar-refractivity contribution in [3.63, 3.8) is 0 Å². The topological polar surface area (TPSA) is 75.0 Å². The Labute approximate surface area is 146 Å². The second kappa shape index (κ2) is 7.45. The summed E-state index contributed by atoms with van der Waals surface area (Å²) in [5.74, 6) is 0.348. The third-order valence-electron chi connectivity index (χ3n) is 3.39. The molecule has 1 aromatic heterocycles. The first-order valence-electron chi connectivity index (χ1n) is 7.68. The molecule has 2 rings (SSSR count). The molecule has 2 aromatic rings. The van der Waals surface area contributed by atoms with Crippen LogP contribution in [0, 0.1) is 11.3 Å². The van der Waals surface area contributed by atoms with E-state index in [1.165, 1.54) is 0 Å². The minimum Gasteiger partial charge on any atom is -0.484 e. The number of nitrogens with one attached hydrogen (secondary N) is 1. The number of carbonyl (C=O) groups excluding carboxylic acids is 1. The molecule has 0 saturated heterocycles. The van der Waals surface area contributed by atoms with E-state index in [4.69, 9.17) is 10.00 Å². The van der Waals surface area contributed by atoms with Crippen LogP contribution in [0.5, 0.6) is 5.75 Å². The minimum atomic E-state index is -0.209. The molecule has 1 atom stereocenters.